The molecule has 6 heteroatoms. The Morgan fingerprint density at radius 2 is 2.26 bits per heavy atom. The van der Waals surface area contributed by atoms with Crippen LogP contribution in [0.15, 0.2) is 18.2 Å². The molecule has 1 aliphatic heterocycles. The number of nitrogens with zero attached hydrogens (tertiary/aromatic N) is 1. The first kappa shape index (κ1) is 13.8. The minimum Gasteiger partial charge on any atom is -0.345 e. The number of rotatable bonds is 2. The molecule has 1 aromatic rings. The van der Waals surface area contributed by atoms with Crippen molar-refractivity contribution in [1.82, 2.24) is 4.90 Å². The number of benzene rings is 1. The Morgan fingerprint density at radius 1 is 1.53 bits per heavy atom. The SMILES string of the molecule is CN1CC(C(=O)Nc2ccc(F)c(Cl)c2)CCC1=O. The number of hydrogen-bond acceptors (Lipinski definition) is 2. The first-order valence-electron chi connectivity index (χ1n) is 5.97. The van der Waals surface area contributed by atoms with Crippen LogP contribution in [0.4, 0.5) is 10.1 Å². The van der Waals surface area contributed by atoms with Gasteiger partial charge in [0.05, 0.1) is 10.9 Å². The molecule has 102 valence electrons. The Balaban J connectivity index is 2.01. The number of halogens is 2. The fraction of sp³-hybridized carbons (Fsp3) is 0.385. The number of amides is 2. The number of piperidine rings is 1. The quantitative estimate of drug-likeness (QED) is 0.906. The third-order valence-corrected chi connectivity index (χ3v) is 3.47. The summed E-state index contributed by atoms with van der Waals surface area (Å²) in [6, 6.07) is 4.03. The van der Waals surface area contributed by atoms with Crippen molar-refractivity contribution in [2.75, 3.05) is 18.9 Å². The largest absolute Gasteiger partial charge is 0.345 e. The van der Waals surface area contributed by atoms with E-state index in [-0.39, 0.29) is 22.8 Å². The average molecular weight is 285 g/mol. The van der Waals surface area contributed by atoms with Gasteiger partial charge in [0.1, 0.15) is 5.82 Å². The number of nitrogens with one attached hydrogen (secondary N) is 1. The molecule has 1 unspecified atom stereocenters. The molecule has 1 saturated heterocycles. The van der Waals surface area contributed by atoms with Crippen LogP contribution in [-0.4, -0.2) is 30.3 Å². The Morgan fingerprint density at radius 3 is 2.89 bits per heavy atom. The maximum Gasteiger partial charge on any atom is 0.229 e. The maximum atomic E-state index is 13.0. The highest BCUT2D eigenvalue weighted by atomic mass is 35.5. The van der Waals surface area contributed by atoms with E-state index < -0.39 is 5.82 Å². The zero-order valence-electron chi connectivity index (χ0n) is 10.5. The van der Waals surface area contributed by atoms with Crippen LogP contribution in [0.3, 0.4) is 0 Å². The van der Waals surface area contributed by atoms with E-state index in [1.807, 2.05) is 0 Å². The van der Waals surface area contributed by atoms with Crippen LogP contribution in [0.5, 0.6) is 0 Å². The monoisotopic (exact) mass is 284 g/mol. The molecule has 1 aliphatic rings. The summed E-state index contributed by atoms with van der Waals surface area (Å²) in [4.78, 5) is 24.9. The second-order valence-corrected chi connectivity index (χ2v) is 5.04. The Bertz CT molecular complexity index is 521. The van der Waals surface area contributed by atoms with E-state index >= 15 is 0 Å². The molecule has 2 rings (SSSR count). The van der Waals surface area contributed by atoms with Gasteiger partial charge >= 0.3 is 0 Å². The van der Waals surface area contributed by atoms with Gasteiger partial charge in [-0.25, -0.2) is 4.39 Å². The van der Waals surface area contributed by atoms with Gasteiger partial charge in [-0.2, -0.15) is 0 Å². The molecule has 4 nitrogen and oxygen atoms in total. The third kappa shape index (κ3) is 3.23. The molecule has 1 heterocycles. The molecule has 0 bridgehead atoms. The van der Waals surface area contributed by atoms with Gasteiger partial charge in [-0.1, -0.05) is 11.6 Å². The topological polar surface area (TPSA) is 49.4 Å². The van der Waals surface area contributed by atoms with Crippen LogP contribution in [0.1, 0.15) is 12.8 Å². The minimum absolute atomic E-state index is 0.0336. The molecule has 1 aromatic carbocycles. The molecular weight excluding hydrogens is 271 g/mol. The van der Waals surface area contributed by atoms with Crippen molar-refractivity contribution in [3.05, 3.63) is 29.0 Å². The van der Waals surface area contributed by atoms with Crippen LogP contribution in [-0.2, 0) is 9.59 Å². The molecule has 1 fully saturated rings. The van der Waals surface area contributed by atoms with Gasteiger partial charge in [-0.15, -0.1) is 0 Å². The van der Waals surface area contributed by atoms with Crippen LogP contribution in [0.2, 0.25) is 5.02 Å². The Labute approximate surface area is 115 Å². The van der Waals surface area contributed by atoms with Gasteiger partial charge < -0.3 is 10.2 Å². The van der Waals surface area contributed by atoms with Crippen molar-refractivity contribution < 1.29 is 14.0 Å². The van der Waals surface area contributed by atoms with Gasteiger partial charge in [0, 0.05) is 25.7 Å². The molecule has 1 atom stereocenters. The minimum atomic E-state index is -0.525. The van der Waals surface area contributed by atoms with Crippen molar-refractivity contribution >= 4 is 29.1 Å². The lowest BCUT2D eigenvalue weighted by Crippen LogP contribution is -2.41. The van der Waals surface area contributed by atoms with E-state index in [1.165, 1.54) is 18.2 Å². The van der Waals surface area contributed by atoms with E-state index in [2.05, 4.69) is 5.32 Å². The zero-order valence-corrected chi connectivity index (χ0v) is 11.2. The average Bonchev–Trinajstić information content (AvgIpc) is 2.37. The summed E-state index contributed by atoms with van der Waals surface area (Å²) in [6.45, 7) is 0.402. The predicted molar refractivity (Wildman–Crippen MR) is 70.4 cm³/mol. The Hall–Kier alpha value is -1.62. The van der Waals surface area contributed by atoms with Gasteiger partial charge in [0.25, 0.3) is 0 Å². The van der Waals surface area contributed by atoms with Crippen LogP contribution < -0.4 is 5.32 Å². The molecule has 0 spiro atoms. The first-order valence-corrected chi connectivity index (χ1v) is 6.35. The summed E-state index contributed by atoms with van der Waals surface area (Å²) in [7, 11) is 1.68. The van der Waals surface area contributed by atoms with E-state index in [9.17, 15) is 14.0 Å². The number of carbonyl (C=O) groups is 2. The van der Waals surface area contributed by atoms with Crippen LogP contribution >= 0.6 is 11.6 Å². The summed E-state index contributed by atoms with van der Waals surface area (Å²) < 4.78 is 13.0. The fourth-order valence-electron chi connectivity index (χ4n) is 2.04. The standard InChI is InChI=1S/C13H14ClFN2O2/c1-17-7-8(2-5-12(17)18)13(19)16-9-3-4-11(15)10(14)6-9/h3-4,6,8H,2,5,7H2,1H3,(H,16,19). The molecule has 19 heavy (non-hydrogen) atoms. The second-order valence-electron chi connectivity index (χ2n) is 4.63. The van der Waals surface area contributed by atoms with Crippen LogP contribution in [0.25, 0.3) is 0 Å². The highest BCUT2D eigenvalue weighted by molar-refractivity contribution is 6.31. The van der Waals surface area contributed by atoms with Crippen molar-refractivity contribution in [2.45, 2.75) is 12.8 Å². The molecule has 0 saturated carbocycles. The summed E-state index contributed by atoms with van der Waals surface area (Å²) in [5, 5.41) is 2.65. The number of anilines is 1. The van der Waals surface area contributed by atoms with Crippen molar-refractivity contribution in [1.29, 1.82) is 0 Å². The van der Waals surface area contributed by atoms with Crippen molar-refractivity contribution in [2.24, 2.45) is 5.92 Å². The zero-order chi connectivity index (χ0) is 14.0. The smallest absolute Gasteiger partial charge is 0.229 e. The summed E-state index contributed by atoms with van der Waals surface area (Å²) in [6.07, 6.45) is 0.905. The lowest BCUT2D eigenvalue weighted by Gasteiger charge is -2.28. The highest BCUT2D eigenvalue weighted by Crippen LogP contribution is 2.22. The Kier molecular flexibility index (Phi) is 4.04. The van der Waals surface area contributed by atoms with Gasteiger partial charge in [0.15, 0.2) is 0 Å². The van der Waals surface area contributed by atoms with E-state index in [0.29, 0.717) is 25.1 Å². The molecule has 0 radical (unpaired) electrons. The first-order chi connectivity index (χ1) is 8.97. The number of carbonyl (C=O) groups excluding carboxylic acids is 2. The van der Waals surface area contributed by atoms with E-state index in [0.717, 1.165) is 0 Å². The van der Waals surface area contributed by atoms with E-state index in [1.54, 1.807) is 11.9 Å². The van der Waals surface area contributed by atoms with Gasteiger partial charge in [-0.05, 0) is 24.6 Å². The molecule has 0 aromatic heterocycles. The summed E-state index contributed by atoms with van der Waals surface area (Å²) >= 11 is 5.65. The van der Waals surface area contributed by atoms with Crippen molar-refractivity contribution in [3.63, 3.8) is 0 Å². The van der Waals surface area contributed by atoms with Crippen LogP contribution in [0, 0.1) is 11.7 Å². The fourth-order valence-corrected chi connectivity index (χ4v) is 2.23. The lowest BCUT2D eigenvalue weighted by molar-refractivity contribution is -0.135. The van der Waals surface area contributed by atoms with E-state index in [4.69, 9.17) is 11.6 Å². The molecule has 1 N–H and O–H groups in total. The summed E-state index contributed by atoms with van der Waals surface area (Å²) in [5.74, 6) is -0.898. The highest BCUT2D eigenvalue weighted by Gasteiger charge is 2.28. The van der Waals surface area contributed by atoms with Gasteiger partial charge in [-0.3, -0.25) is 9.59 Å². The van der Waals surface area contributed by atoms with Gasteiger partial charge in [0.2, 0.25) is 11.8 Å². The predicted octanol–water partition coefficient (Wildman–Crippen LogP) is 2.29. The third-order valence-electron chi connectivity index (χ3n) is 3.18. The molecular formula is C13H14ClFN2O2. The number of likely N-dealkylation sites (tertiary alicyclic amines) is 1. The number of hydrogen-bond donors (Lipinski definition) is 1. The molecule has 0 aliphatic carbocycles. The lowest BCUT2D eigenvalue weighted by atomic mass is 9.97. The maximum absolute atomic E-state index is 13.0. The second kappa shape index (κ2) is 5.57. The summed E-state index contributed by atoms with van der Waals surface area (Å²) in [5.41, 5.74) is 0.455. The molecule has 2 amide bonds. The normalized spacial score (nSPS) is 19.4. The van der Waals surface area contributed by atoms with Crippen molar-refractivity contribution in [3.8, 4) is 0 Å².